The van der Waals surface area contributed by atoms with Gasteiger partial charge in [-0.25, -0.2) is 0 Å². The molecular formula is C11H19N3O3. The second-order valence-corrected chi connectivity index (χ2v) is 4.29. The molecule has 2 N–H and O–H groups in total. The summed E-state index contributed by atoms with van der Waals surface area (Å²) in [5.74, 6) is -0.393. The Morgan fingerprint density at radius 3 is 2.53 bits per heavy atom. The summed E-state index contributed by atoms with van der Waals surface area (Å²) in [5, 5.41) is 5.29. The summed E-state index contributed by atoms with van der Waals surface area (Å²) in [6, 6.07) is 0.0301. The molecule has 1 aliphatic rings. The van der Waals surface area contributed by atoms with Crippen LogP contribution in [0.15, 0.2) is 0 Å². The lowest BCUT2D eigenvalue weighted by Gasteiger charge is -2.33. The third kappa shape index (κ3) is 4.84. The van der Waals surface area contributed by atoms with Crippen molar-refractivity contribution in [2.24, 2.45) is 0 Å². The van der Waals surface area contributed by atoms with E-state index in [1.807, 2.05) is 0 Å². The van der Waals surface area contributed by atoms with Crippen molar-refractivity contribution in [3.05, 3.63) is 0 Å². The first kappa shape index (κ1) is 13.5. The van der Waals surface area contributed by atoms with Crippen molar-refractivity contribution in [2.45, 2.75) is 32.7 Å². The van der Waals surface area contributed by atoms with Crippen LogP contribution in [0.3, 0.4) is 0 Å². The minimum Gasteiger partial charge on any atom is -0.352 e. The summed E-state index contributed by atoms with van der Waals surface area (Å²) >= 11 is 0. The number of piperidine rings is 1. The zero-order chi connectivity index (χ0) is 12.8. The van der Waals surface area contributed by atoms with Crippen LogP contribution in [0.25, 0.3) is 0 Å². The second-order valence-electron chi connectivity index (χ2n) is 4.29. The first-order valence-electron chi connectivity index (χ1n) is 5.78. The number of rotatable bonds is 3. The van der Waals surface area contributed by atoms with Crippen molar-refractivity contribution in [1.82, 2.24) is 15.5 Å². The number of hydrogen-bond acceptors (Lipinski definition) is 3. The van der Waals surface area contributed by atoms with Crippen LogP contribution in [0.1, 0.15) is 26.7 Å². The summed E-state index contributed by atoms with van der Waals surface area (Å²) in [7, 11) is 0. The van der Waals surface area contributed by atoms with E-state index >= 15 is 0 Å². The van der Waals surface area contributed by atoms with E-state index in [-0.39, 0.29) is 30.3 Å². The predicted octanol–water partition coefficient (Wildman–Crippen LogP) is -0.750. The van der Waals surface area contributed by atoms with Gasteiger partial charge in [-0.05, 0) is 12.8 Å². The zero-order valence-corrected chi connectivity index (χ0v) is 10.3. The minimum atomic E-state index is -0.214. The van der Waals surface area contributed by atoms with Crippen LogP contribution in [-0.4, -0.2) is 48.3 Å². The summed E-state index contributed by atoms with van der Waals surface area (Å²) in [5.41, 5.74) is 0. The van der Waals surface area contributed by atoms with E-state index in [4.69, 9.17) is 0 Å². The highest BCUT2D eigenvalue weighted by Crippen LogP contribution is 2.09. The zero-order valence-electron chi connectivity index (χ0n) is 10.3. The third-order valence-electron chi connectivity index (χ3n) is 2.67. The quantitative estimate of drug-likeness (QED) is 0.682. The topological polar surface area (TPSA) is 78.5 Å². The molecule has 1 unspecified atom stereocenters. The molecule has 1 aliphatic heterocycles. The van der Waals surface area contributed by atoms with Gasteiger partial charge in [-0.3, -0.25) is 14.4 Å². The van der Waals surface area contributed by atoms with Gasteiger partial charge in [0.15, 0.2) is 0 Å². The van der Waals surface area contributed by atoms with Crippen LogP contribution in [0.4, 0.5) is 0 Å². The molecule has 0 saturated carbocycles. The highest BCUT2D eigenvalue weighted by Gasteiger charge is 2.23. The van der Waals surface area contributed by atoms with Crippen molar-refractivity contribution in [1.29, 1.82) is 0 Å². The third-order valence-corrected chi connectivity index (χ3v) is 2.67. The Kier molecular flexibility index (Phi) is 4.93. The van der Waals surface area contributed by atoms with E-state index in [1.165, 1.54) is 13.8 Å². The Morgan fingerprint density at radius 1 is 1.24 bits per heavy atom. The van der Waals surface area contributed by atoms with Crippen LogP contribution >= 0.6 is 0 Å². The van der Waals surface area contributed by atoms with Crippen LogP contribution < -0.4 is 10.6 Å². The Hall–Kier alpha value is -1.59. The van der Waals surface area contributed by atoms with Crippen LogP contribution in [0.5, 0.6) is 0 Å². The molecule has 0 aromatic carbocycles. The number of hydrogen-bond donors (Lipinski definition) is 2. The van der Waals surface area contributed by atoms with Gasteiger partial charge in [0.25, 0.3) is 0 Å². The van der Waals surface area contributed by atoms with Crippen LogP contribution in [0, 0.1) is 0 Å². The lowest BCUT2D eigenvalue weighted by atomic mass is 10.1. The van der Waals surface area contributed by atoms with Crippen molar-refractivity contribution in [3.8, 4) is 0 Å². The smallest absolute Gasteiger partial charge is 0.242 e. The molecule has 6 nitrogen and oxygen atoms in total. The summed E-state index contributed by atoms with van der Waals surface area (Å²) in [6.45, 7) is 4.09. The molecule has 0 aromatic heterocycles. The monoisotopic (exact) mass is 241 g/mol. The van der Waals surface area contributed by atoms with E-state index in [0.29, 0.717) is 13.1 Å². The Balaban J connectivity index is 2.40. The molecule has 1 heterocycles. The molecule has 17 heavy (non-hydrogen) atoms. The molecule has 0 bridgehead atoms. The molecule has 0 spiro atoms. The minimum absolute atomic E-state index is 0.0299. The maximum atomic E-state index is 11.7. The van der Waals surface area contributed by atoms with Crippen molar-refractivity contribution in [3.63, 3.8) is 0 Å². The summed E-state index contributed by atoms with van der Waals surface area (Å²) < 4.78 is 0. The van der Waals surface area contributed by atoms with Gasteiger partial charge in [-0.2, -0.15) is 0 Å². The van der Waals surface area contributed by atoms with E-state index in [9.17, 15) is 14.4 Å². The van der Waals surface area contributed by atoms with Crippen molar-refractivity contribution in [2.75, 3.05) is 19.6 Å². The van der Waals surface area contributed by atoms with Gasteiger partial charge in [0.05, 0.1) is 6.54 Å². The summed E-state index contributed by atoms with van der Waals surface area (Å²) in [6.07, 6.45) is 1.76. The number of likely N-dealkylation sites (tertiary alicyclic amines) is 1. The fourth-order valence-corrected chi connectivity index (χ4v) is 1.92. The van der Waals surface area contributed by atoms with E-state index in [1.54, 1.807) is 4.90 Å². The van der Waals surface area contributed by atoms with E-state index < -0.39 is 0 Å². The van der Waals surface area contributed by atoms with E-state index in [2.05, 4.69) is 10.6 Å². The van der Waals surface area contributed by atoms with Gasteiger partial charge >= 0.3 is 0 Å². The second kappa shape index (κ2) is 6.22. The van der Waals surface area contributed by atoms with Gasteiger partial charge in [-0.15, -0.1) is 0 Å². The predicted molar refractivity (Wildman–Crippen MR) is 62.1 cm³/mol. The average molecular weight is 241 g/mol. The SMILES string of the molecule is CC(=O)NCC(=O)N1CCCC(NC(C)=O)C1. The molecule has 3 amide bonds. The molecule has 6 heteroatoms. The number of carbonyl (C=O) groups is 3. The first-order chi connectivity index (χ1) is 7.99. The number of amides is 3. The van der Waals surface area contributed by atoms with Gasteiger partial charge in [0.1, 0.15) is 0 Å². The maximum absolute atomic E-state index is 11.7. The highest BCUT2D eigenvalue weighted by atomic mass is 16.2. The molecule has 1 atom stereocenters. The van der Waals surface area contributed by atoms with Gasteiger partial charge in [0.2, 0.25) is 17.7 Å². The molecule has 1 rings (SSSR count). The highest BCUT2D eigenvalue weighted by molar-refractivity contribution is 5.83. The van der Waals surface area contributed by atoms with E-state index in [0.717, 1.165) is 12.8 Å². The lowest BCUT2D eigenvalue weighted by Crippen LogP contribution is -2.51. The fourth-order valence-electron chi connectivity index (χ4n) is 1.92. The fraction of sp³-hybridized carbons (Fsp3) is 0.727. The Morgan fingerprint density at radius 2 is 1.94 bits per heavy atom. The summed E-state index contributed by atoms with van der Waals surface area (Å²) in [4.78, 5) is 35.0. The maximum Gasteiger partial charge on any atom is 0.242 e. The molecular weight excluding hydrogens is 222 g/mol. The van der Waals surface area contributed by atoms with Crippen LogP contribution in [0.2, 0.25) is 0 Å². The largest absolute Gasteiger partial charge is 0.352 e. The molecule has 0 radical (unpaired) electrons. The van der Waals surface area contributed by atoms with Crippen LogP contribution in [-0.2, 0) is 14.4 Å². The Bertz CT molecular complexity index is 317. The lowest BCUT2D eigenvalue weighted by molar-refractivity contribution is -0.134. The molecule has 0 aromatic rings. The average Bonchev–Trinajstić information content (AvgIpc) is 2.25. The number of nitrogens with one attached hydrogen (secondary N) is 2. The first-order valence-corrected chi connectivity index (χ1v) is 5.78. The molecule has 1 saturated heterocycles. The van der Waals surface area contributed by atoms with Gasteiger partial charge in [0, 0.05) is 33.0 Å². The molecule has 96 valence electrons. The number of carbonyl (C=O) groups excluding carboxylic acids is 3. The number of nitrogens with zero attached hydrogens (tertiary/aromatic N) is 1. The van der Waals surface area contributed by atoms with Crippen molar-refractivity contribution < 1.29 is 14.4 Å². The standard InChI is InChI=1S/C11H19N3O3/c1-8(15)12-6-11(17)14-5-3-4-10(7-14)13-9(2)16/h10H,3-7H2,1-2H3,(H,12,15)(H,13,16). The van der Waals surface area contributed by atoms with Gasteiger partial charge in [-0.1, -0.05) is 0 Å². The van der Waals surface area contributed by atoms with Gasteiger partial charge < -0.3 is 15.5 Å². The molecule has 1 fully saturated rings. The van der Waals surface area contributed by atoms with Crippen molar-refractivity contribution >= 4 is 17.7 Å². The Labute approximate surface area is 101 Å². The molecule has 0 aliphatic carbocycles. The normalized spacial score (nSPS) is 19.6.